The second-order valence-electron chi connectivity index (χ2n) is 12.4. The molecule has 6 rings (SSSR count). The van der Waals surface area contributed by atoms with Gasteiger partial charge in [-0.3, -0.25) is 0 Å². The highest BCUT2D eigenvalue weighted by Crippen LogP contribution is 2.42. The van der Waals surface area contributed by atoms with E-state index < -0.39 is 52.1 Å². The van der Waals surface area contributed by atoms with Crippen LogP contribution in [0.2, 0.25) is 0 Å². The van der Waals surface area contributed by atoms with Crippen molar-refractivity contribution >= 4 is 5.57 Å². The second kappa shape index (κ2) is 13.3. The zero-order chi connectivity index (χ0) is 31.8. The average molecular weight is 631 g/mol. The van der Waals surface area contributed by atoms with Crippen molar-refractivity contribution in [1.29, 1.82) is 0 Å². The minimum absolute atomic E-state index is 0.0106. The molecular formula is C36H36F6O3. The first kappa shape index (κ1) is 31.8. The fourth-order valence-corrected chi connectivity index (χ4v) is 6.91. The SMILES string of the molecule is CCC(O)c1ccc(-c2ccc(COC3CCC(C4CC=C(c5ccc(C6CO6)c(F)c5F)CC4)CC3)c(F)c2F)c(F)c1F. The highest BCUT2D eigenvalue weighted by Gasteiger charge is 2.33. The topological polar surface area (TPSA) is 42.0 Å². The summed E-state index contributed by atoms with van der Waals surface area (Å²) in [6.07, 6.45) is 6.28. The van der Waals surface area contributed by atoms with E-state index in [2.05, 4.69) is 0 Å². The Kier molecular flexibility index (Phi) is 9.41. The van der Waals surface area contributed by atoms with Crippen LogP contribution in [0.15, 0.2) is 42.5 Å². The summed E-state index contributed by atoms with van der Waals surface area (Å²) in [5, 5.41) is 9.88. The monoisotopic (exact) mass is 630 g/mol. The van der Waals surface area contributed by atoms with E-state index in [1.807, 2.05) is 6.08 Å². The molecule has 0 aromatic heterocycles. The molecular weight excluding hydrogens is 594 g/mol. The third kappa shape index (κ3) is 6.44. The van der Waals surface area contributed by atoms with E-state index in [1.54, 1.807) is 19.1 Å². The van der Waals surface area contributed by atoms with E-state index >= 15 is 4.39 Å². The van der Waals surface area contributed by atoms with E-state index in [1.165, 1.54) is 18.2 Å². The first-order valence-electron chi connectivity index (χ1n) is 15.7. The predicted molar refractivity (Wildman–Crippen MR) is 158 cm³/mol. The molecule has 3 aromatic carbocycles. The Balaban J connectivity index is 1.02. The van der Waals surface area contributed by atoms with Crippen LogP contribution in [0.3, 0.4) is 0 Å². The molecule has 0 amide bonds. The Bertz CT molecular complexity index is 1590. The van der Waals surface area contributed by atoms with Gasteiger partial charge in [-0.1, -0.05) is 49.4 Å². The number of ether oxygens (including phenoxy) is 2. The van der Waals surface area contributed by atoms with Gasteiger partial charge in [-0.15, -0.1) is 0 Å². The van der Waals surface area contributed by atoms with Gasteiger partial charge in [0, 0.05) is 33.4 Å². The molecule has 0 bridgehead atoms. The van der Waals surface area contributed by atoms with Gasteiger partial charge in [-0.2, -0.15) is 0 Å². The Labute approximate surface area is 258 Å². The van der Waals surface area contributed by atoms with Gasteiger partial charge in [0.2, 0.25) is 0 Å². The summed E-state index contributed by atoms with van der Waals surface area (Å²) >= 11 is 0. The number of benzene rings is 3. The summed E-state index contributed by atoms with van der Waals surface area (Å²) in [5.74, 6) is -5.82. The predicted octanol–water partition coefficient (Wildman–Crippen LogP) is 9.66. The average Bonchev–Trinajstić information content (AvgIpc) is 3.90. The zero-order valence-corrected chi connectivity index (χ0v) is 25.0. The van der Waals surface area contributed by atoms with Crippen LogP contribution >= 0.6 is 0 Å². The lowest BCUT2D eigenvalue weighted by Gasteiger charge is -2.35. The maximum atomic E-state index is 15.0. The fourth-order valence-electron chi connectivity index (χ4n) is 6.91. The molecule has 45 heavy (non-hydrogen) atoms. The molecule has 3 unspecified atom stereocenters. The molecule has 1 heterocycles. The Hall–Kier alpha value is -3.14. The number of halogens is 6. The molecule has 3 aliphatic rings. The largest absolute Gasteiger partial charge is 0.388 e. The number of hydrogen-bond acceptors (Lipinski definition) is 3. The van der Waals surface area contributed by atoms with Gasteiger partial charge in [0.1, 0.15) is 6.10 Å². The zero-order valence-electron chi connectivity index (χ0n) is 25.0. The van der Waals surface area contributed by atoms with Gasteiger partial charge in [0.25, 0.3) is 0 Å². The van der Waals surface area contributed by atoms with Crippen molar-refractivity contribution in [2.45, 2.75) is 83.2 Å². The molecule has 1 aliphatic heterocycles. The van der Waals surface area contributed by atoms with Crippen molar-refractivity contribution in [2.75, 3.05) is 6.61 Å². The summed E-state index contributed by atoms with van der Waals surface area (Å²) in [6.45, 7) is 1.88. The van der Waals surface area contributed by atoms with E-state index in [-0.39, 0.29) is 41.9 Å². The normalized spacial score (nSPS) is 24.0. The summed E-state index contributed by atoms with van der Waals surface area (Å²) in [5.41, 5.74) is 0.356. The summed E-state index contributed by atoms with van der Waals surface area (Å²) in [7, 11) is 0. The minimum Gasteiger partial charge on any atom is -0.388 e. The maximum Gasteiger partial charge on any atom is 0.167 e. The summed E-state index contributed by atoms with van der Waals surface area (Å²) in [4.78, 5) is 0. The van der Waals surface area contributed by atoms with Gasteiger partial charge in [0.15, 0.2) is 34.9 Å². The van der Waals surface area contributed by atoms with E-state index in [4.69, 9.17) is 9.47 Å². The van der Waals surface area contributed by atoms with Crippen molar-refractivity contribution < 1.29 is 40.9 Å². The Morgan fingerprint density at radius 3 is 2.04 bits per heavy atom. The molecule has 3 nitrogen and oxygen atoms in total. The fraction of sp³-hybridized carbons (Fsp3) is 0.444. The van der Waals surface area contributed by atoms with Crippen LogP contribution in [0.1, 0.15) is 92.8 Å². The third-order valence-corrected chi connectivity index (χ3v) is 9.76. The lowest BCUT2D eigenvalue weighted by Crippen LogP contribution is -2.27. The highest BCUT2D eigenvalue weighted by molar-refractivity contribution is 5.68. The number of allylic oxidation sites excluding steroid dienone is 2. The van der Waals surface area contributed by atoms with Crippen molar-refractivity contribution in [3.8, 4) is 11.1 Å². The van der Waals surface area contributed by atoms with Crippen LogP contribution in [0.4, 0.5) is 26.3 Å². The number of aliphatic hydroxyl groups excluding tert-OH is 1. The van der Waals surface area contributed by atoms with E-state index in [9.17, 15) is 27.1 Å². The number of hydrogen-bond donors (Lipinski definition) is 1. The van der Waals surface area contributed by atoms with Crippen LogP contribution in [-0.2, 0) is 16.1 Å². The van der Waals surface area contributed by atoms with Gasteiger partial charge in [-0.05, 0) is 68.8 Å². The number of aliphatic hydroxyl groups is 1. The van der Waals surface area contributed by atoms with E-state index in [0.29, 0.717) is 30.4 Å². The first-order valence-corrected chi connectivity index (χ1v) is 15.7. The molecule has 3 atom stereocenters. The van der Waals surface area contributed by atoms with Gasteiger partial charge < -0.3 is 14.6 Å². The molecule has 1 saturated carbocycles. The molecule has 0 radical (unpaired) electrons. The van der Waals surface area contributed by atoms with Crippen LogP contribution in [0.5, 0.6) is 0 Å². The van der Waals surface area contributed by atoms with Crippen molar-refractivity contribution in [2.24, 2.45) is 11.8 Å². The molecule has 2 aliphatic carbocycles. The molecule has 3 aromatic rings. The van der Waals surface area contributed by atoms with Crippen LogP contribution in [0, 0.1) is 46.7 Å². The Morgan fingerprint density at radius 1 is 0.756 bits per heavy atom. The van der Waals surface area contributed by atoms with Crippen molar-refractivity contribution in [1.82, 2.24) is 0 Å². The summed E-state index contributed by atoms with van der Waals surface area (Å²) in [6, 6.07) is 8.12. The lowest BCUT2D eigenvalue weighted by atomic mass is 9.72. The lowest BCUT2D eigenvalue weighted by molar-refractivity contribution is -0.000996. The molecule has 2 fully saturated rings. The molecule has 9 heteroatoms. The maximum absolute atomic E-state index is 15.0. The molecule has 1 N–H and O–H groups in total. The van der Waals surface area contributed by atoms with Crippen LogP contribution in [-0.4, -0.2) is 17.8 Å². The van der Waals surface area contributed by atoms with Crippen molar-refractivity contribution in [3.05, 3.63) is 99.6 Å². The van der Waals surface area contributed by atoms with Crippen LogP contribution in [0.25, 0.3) is 16.7 Å². The molecule has 1 saturated heterocycles. The molecule has 0 spiro atoms. The molecule has 240 valence electrons. The van der Waals surface area contributed by atoms with Gasteiger partial charge >= 0.3 is 0 Å². The quantitative estimate of drug-likeness (QED) is 0.189. The van der Waals surface area contributed by atoms with Crippen molar-refractivity contribution in [3.63, 3.8) is 0 Å². The highest BCUT2D eigenvalue weighted by atomic mass is 19.2. The standard InChI is InChI=1S/C36H36F6O3/c1-2-29(43)27-15-14-26(34(40)35(27)41)25-12-9-22(31(37)33(25)39)17-44-23-10-7-20(8-11-23)19-3-5-21(6-4-19)24-13-16-28(30-18-45-30)36(42)32(24)38/h5,9,12-16,19-20,23,29-30,43H,2-4,6-8,10-11,17-18H2,1H3. The van der Waals surface area contributed by atoms with E-state index in [0.717, 1.165) is 50.2 Å². The minimum atomic E-state index is -1.34. The number of rotatable bonds is 9. The Morgan fingerprint density at radius 2 is 1.40 bits per heavy atom. The summed E-state index contributed by atoms with van der Waals surface area (Å²) < 4.78 is 99.6. The van der Waals surface area contributed by atoms with Gasteiger partial charge in [0.05, 0.1) is 25.4 Å². The second-order valence-corrected chi connectivity index (χ2v) is 12.4. The first-order chi connectivity index (χ1) is 21.7. The third-order valence-electron chi connectivity index (χ3n) is 9.76. The van der Waals surface area contributed by atoms with Crippen LogP contribution < -0.4 is 0 Å². The smallest absolute Gasteiger partial charge is 0.167 e. The number of epoxide rings is 1. The van der Waals surface area contributed by atoms with Gasteiger partial charge in [-0.25, -0.2) is 26.3 Å².